The van der Waals surface area contributed by atoms with E-state index >= 15 is 0 Å². The van der Waals surface area contributed by atoms with Crippen LogP contribution in [0.4, 0.5) is 0 Å². The highest BCUT2D eigenvalue weighted by atomic mass is 32.1. The molecule has 0 N–H and O–H groups in total. The van der Waals surface area contributed by atoms with Crippen molar-refractivity contribution in [2.75, 3.05) is 5.75 Å². The fourth-order valence-corrected chi connectivity index (χ4v) is 2.36. The average molecular weight is 259 g/mol. The van der Waals surface area contributed by atoms with Gasteiger partial charge in [0.25, 0.3) is 5.56 Å². The zero-order chi connectivity index (χ0) is 13.0. The zero-order valence-corrected chi connectivity index (χ0v) is 11.3. The fourth-order valence-electron chi connectivity index (χ4n) is 2.03. The van der Waals surface area contributed by atoms with Crippen molar-refractivity contribution in [3.63, 3.8) is 0 Å². The molecule has 1 aromatic heterocycles. The van der Waals surface area contributed by atoms with E-state index in [9.17, 15) is 4.79 Å². The van der Waals surface area contributed by atoms with E-state index in [-0.39, 0.29) is 11.5 Å². The molecule has 0 amide bonds. The molecule has 2 nitrogen and oxygen atoms in total. The van der Waals surface area contributed by atoms with Crippen molar-refractivity contribution < 1.29 is 0 Å². The Labute approximate surface area is 113 Å². The van der Waals surface area contributed by atoms with Gasteiger partial charge in [-0.05, 0) is 24.3 Å². The van der Waals surface area contributed by atoms with Gasteiger partial charge in [-0.25, -0.2) is 0 Å². The van der Waals surface area contributed by atoms with E-state index in [0.29, 0.717) is 6.54 Å². The number of thiol groups is 1. The summed E-state index contributed by atoms with van der Waals surface area (Å²) in [6.07, 6.45) is 1.84. The normalized spacial score (nSPS) is 12.3. The third kappa shape index (κ3) is 2.85. The van der Waals surface area contributed by atoms with Crippen LogP contribution < -0.4 is 5.56 Å². The molecule has 0 aliphatic carbocycles. The Morgan fingerprint density at radius 2 is 1.89 bits per heavy atom. The maximum absolute atomic E-state index is 12.0. The Morgan fingerprint density at radius 3 is 2.56 bits per heavy atom. The Hall–Kier alpha value is -1.48. The molecule has 94 valence electrons. The summed E-state index contributed by atoms with van der Waals surface area (Å²) in [5.74, 6) is 0.985. The van der Waals surface area contributed by atoms with Gasteiger partial charge in [-0.2, -0.15) is 12.6 Å². The van der Waals surface area contributed by atoms with Crippen LogP contribution in [0.5, 0.6) is 0 Å². The minimum Gasteiger partial charge on any atom is -0.315 e. The second-order valence-electron chi connectivity index (χ2n) is 4.44. The summed E-state index contributed by atoms with van der Waals surface area (Å²) >= 11 is 4.40. The second kappa shape index (κ2) is 5.91. The quantitative estimate of drug-likeness (QED) is 0.838. The largest absolute Gasteiger partial charge is 0.315 e. The topological polar surface area (TPSA) is 22.0 Å². The van der Waals surface area contributed by atoms with E-state index in [2.05, 4.69) is 24.8 Å². The first-order valence-electron chi connectivity index (χ1n) is 6.04. The molecule has 0 saturated heterocycles. The van der Waals surface area contributed by atoms with Crippen LogP contribution in [0.1, 0.15) is 17.0 Å². The van der Waals surface area contributed by atoms with Gasteiger partial charge in [0.05, 0.1) is 0 Å². The lowest BCUT2D eigenvalue weighted by Gasteiger charge is -2.16. The molecule has 2 rings (SSSR count). The lowest BCUT2D eigenvalue weighted by Crippen LogP contribution is -2.24. The number of hydrogen-bond acceptors (Lipinski definition) is 2. The highest BCUT2D eigenvalue weighted by Crippen LogP contribution is 2.18. The molecule has 1 atom stereocenters. The van der Waals surface area contributed by atoms with Crippen molar-refractivity contribution in [2.45, 2.75) is 19.4 Å². The van der Waals surface area contributed by atoms with E-state index in [1.807, 2.05) is 43.5 Å². The van der Waals surface area contributed by atoms with Crippen molar-refractivity contribution in [1.29, 1.82) is 0 Å². The molecule has 1 unspecified atom stereocenters. The smallest absolute Gasteiger partial charge is 0.253 e. The van der Waals surface area contributed by atoms with E-state index in [1.54, 1.807) is 4.57 Å². The van der Waals surface area contributed by atoms with Gasteiger partial charge in [-0.15, -0.1) is 0 Å². The summed E-state index contributed by atoms with van der Waals surface area (Å²) in [5, 5.41) is 0. The highest BCUT2D eigenvalue weighted by molar-refractivity contribution is 7.80. The van der Waals surface area contributed by atoms with Crippen molar-refractivity contribution in [3.05, 3.63) is 70.1 Å². The Balaban J connectivity index is 2.27. The maximum Gasteiger partial charge on any atom is 0.253 e. The predicted octanol–water partition coefficient (Wildman–Crippen LogP) is 2.87. The third-order valence-electron chi connectivity index (χ3n) is 3.12. The Kier molecular flexibility index (Phi) is 4.26. The van der Waals surface area contributed by atoms with Crippen LogP contribution in [-0.4, -0.2) is 10.3 Å². The number of hydrogen-bond donors (Lipinski definition) is 1. The van der Waals surface area contributed by atoms with Crippen molar-refractivity contribution in [1.82, 2.24) is 4.57 Å². The molecule has 0 radical (unpaired) electrons. The Bertz CT molecular complexity index is 562. The summed E-state index contributed by atoms with van der Waals surface area (Å²) in [5.41, 5.74) is 2.09. The summed E-state index contributed by atoms with van der Waals surface area (Å²) < 4.78 is 1.77. The van der Waals surface area contributed by atoms with Crippen molar-refractivity contribution >= 4 is 12.6 Å². The summed E-state index contributed by atoms with van der Waals surface area (Å²) in [7, 11) is 0. The molecule has 2 aromatic rings. The molecule has 18 heavy (non-hydrogen) atoms. The lowest BCUT2D eigenvalue weighted by molar-refractivity contribution is 0.585. The molecular formula is C15H17NOS. The van der Waals surface area contributed by atoms with Crippen LogP contribution in [-0.2, 0) is 6.54 Å². The minimum atomic E-state index is 0.0835. The van der Waals surface area contributed by atoms with Crippen LogP contribution in [0.25, 0.3) is 0 Å². The molecule has 3 heteroatoms. The molecule has 0 spiro atoms. The molecule has 0 bridgehead atoms. The van der Waals surface area contributed by atoms with Gasteiger partial charge < -0.3 is 4.57 Å². The van der Waals surface area contributed by atoms with Crippen LogP contribution in [0, 0.1) is 6.92 Å². The van der Waals surface area contributed by atoms with Gasteiger partial charge in [0.15, 0.2) is 0 Å². The first-order chi connectivity index (χ1) is 8.72. The van der Waals surface area contributed by atoms with Crippen molar-refractivity contribution in [2.24, 2.45) is 0 Å². The first-order valence-corrected chi connectivity index (χ1v) is 6.67. The van der Waals surface area contributed by atoms with Gasteiger partial charge in [0.1, 0.15) is 0 Å². The van der Waals surface area contributed by atoms with Gasteiger partial charge >= 0.3 is 0 Å². The SMILES string of the molecule is Cc1cccn(CC(CS)c2ccccc2)c1=O. The predicted molar refractivity (Wildman–Crippen MR) is 78.5 cm³/mol. The van der Waals surface area contributed by atoms with Crippen LogP contribution >= 0.6 is 12.6 Å². The second-order valence-corrected chi connectivity index (χ2v) is 4.80. The van der Waals surface area contributed by atoms with Gasteiger partial charge in [-0.1, -0.05) is 36.4 Å². The maximum atomic E-state index is 12.0. The minimum absolute atomic E-state index is 0.0835. The standard InChI is InChI=1S/C15H17NOS/c1-12-6-5-9-16(15(12)17)10-14(11-18)13-7-3-2-4-8-13/h2-9,14,18H,10-11H2,1H3. The number of aromatic nitrogens is 1. The summed E-state index contributed by atoms with van der Waals surface area (Å²) in [6, 6.07) is 14.0. The van der Waals surface area contributed by atoms with Crippen LogP contribution in [0.15, 0.2) is 53.5 Å². The average Bonchev–Trinajstić information content (AvgIpc) is 2.41. The van der Waals surface area contributed by atoms with E-state index < -0.39 is 0 Å². The lowest BCUT2D eigenvalue weighted by atomic mass is 10.0. The summed E-state index contributed by atoms with van der Waals surface area (Å²) in [4.78, 5) is 12.0. The van der Waals surface area contributed by atoms with E-state index in [1.165, 1.54) is 5.56 Å². The molecule has 0 aliphatic heterocycles. The molecule has 0 aliphatic rings. The van der Waals surface area contributed by atoms with Gasteiger partial charge in [0.2, 0.25) is 0 Å². The highest BCUT2D eigenvalue weighted by Gasteiger charge is 2.11. The van der Waals surface area contributed by atoms with Crippen LogP contribution in [0.3, 0.4) is 0 Å². The first kappa shape index (κ1) is 13.0. The monoisotopic (exact) mass is 259 g/mol. The van der Waals surface area contributed by atoms with E-state index in [4.69, 9.17) is 0 Å². The summed E-state index contributed by atoms with van der Waals surface area (Å²) in [6.45, 7) is 2.52. The van der Waals surface area contributed by atoms with Gasteiger partial charge in [0, 0.05) is 24.2 Å². The van der Waals surface area contributed by atoms with Crippen LogP contribution in [0.2, 0.25) is 0 Å². The Morgan fingerprint density at radius 1 is 1.17 bits per heavy atom. The molecule has 1 heterocycles. The van der Waals surface area contributed by atoms with E-state index in [0.717, 1.165) is 11.3 Å². The third-order valence-corrected chi connectivity index (χ3v) is 3.56. The van der Waals surface area contributed by atoms with Gasteiger partial charge in [-0.3, -0.25) is 4.79 Å². The number of nitrogens with zero attached hydrogens (tertiary/aromatic N) is 1. The number of benzene rings is 1. The molecule has 0 saturated carbocycles. The zero-order valence-electron chi connectivity index (χ0n) is 10.4. The number of pyridine rings is 1. The fraction of sp³-hybridized carbons (Fsp3) is 0.267. The molecule has 1 aromatic carbocycles. The van der Waals surface area contributed by atoms with Crippen molar-refractivity contribution in [3.8, 4) is 0 Å². The number of aryl methyl sites for hydroxylation is 1. The number of rotatable bonds is 4. The molecular weight excluding hydrogens is 242 g/mol. The molecule has 0 fully saturated rings.